The van der Waals surface area contributed by atoms with Gasteiger partial charge in [0.2, 0.25) is 0 Å². The van der Waals surface area contributed by atoms with Crippen LogP contribution in [0.1, 0.15) is 29.3 Å². The normalized spacial score (nSPS) is 9.22. The van der Waals surface area contributed by atoms with Crippen molar-refractivity contribution in [2.75, 3.05) is 6.61 Å². The fraction of sp³-hybridized carbons (Fsp3) is 0.231. The molecular weight excluding hydrogens is 239 g/mol. The van der Waals surface area contributed by atoms with E-state index >= 15 is 0 Å². The molecule has 0 aromatic heterocycles. The second-order valence-electron chi connectivity index (χ2n) is 3.30. The van der Waals surface area contributed by atoms with E-state index < -0.39 is 17.5 Å². The maximum atomic E-state index is 13.2. The zero-order chi connectivity index (χ0) is 13.5. The molecule has 0 saturated heterocycles. The number of hydrogen-bond acceptors (Lipinski definition) is 4. The highest BCUT2D eigenvalue weighted by molar-refractivity contribution is 5.80. The van der Waals surface area contributed by atoms with Gasteiger partial charge < -0.3 is 9.84 Å². The predicted octanol–water partition coefficient (Wildman–Crippen LogP) is 1.65. The van der Waals surface area contributed by atoms with Gasteiger partial charge >= 0.3 is 5.97 Å². The molecule has 18 heavy (non-hydrogen) atoms. The van der Waals surface area contributed by atoms with Crippen LogP contribution in [0.2, 0.25) is 0 Å². The molecule has 0 spiro atoms. The van der Waals surface area contributed by atoms with Gasteiger partial charge in [-0.25, -0.2) is 4.39 Å². The lowest BCUT2D eigenvalue weighted by molar-refractivity contribution is -0.141. The molecule has 0 aliphatic carbocycles. The number of hydrogen-bond donors (Lipinski definition) is 1. The molecule has 0 atom stereocenters. The standard InChI is InChI=1S/C13H11FO4/c1-2-18-12(16)5-3-4-9-6-10(8-15)13(17)11(14)7-9/h6-8,17H,2,5H2,1H3. The first-order valence-electron chi connectivity index (χ1n) is 5.20. The van der Waals surface area contributed by atoms with Crippen LogP contribution in [-0.2, 0) is 9.53 Å². The molecule has 1 N–H and O–H groups in total. The Hall–Kier alpha value is -2.35. The first-order valence-corrected chi connectivity index (χ1v) is 5.20. The van der Waals surface area contributed by atoms with E-state index in [9.17, 15) is 19.1 Å². The SMILES string of the molecule is CCOC(=O)CC#Cc1cc(F)c(O)c(C=O)c1. The van der Waals surface area contributed by atoms with E-state index in [4.69, 9.17) is 0 Å². The summed E-state index contributed by atoms with van der Waals surface area (Å²) in [6, 6.07) is 2.23. The molecule has 0 aliphatic heterocycles. The van der Waals surface area contributed by atoms with E-state index in [2.05, 4.69) is 16.6 Å². The molecule has 1 aromatic carbocycles. The third kappa shape index (κ3) is 3.59. The molecule has 1 aromatic rings. The fourth-order valence-corrected chi connectivity index (χ4v) is 1.21. The van der Waals surface area contributed by atoms with Crippen molar-refractivity contribution in [1.82, 2.24) is 0 Å². The molecule has 94 valence electrons. The summed E-state index contributed by atoms with van der Waals surface area (Å²) in [7, 11) is 0. The van der Waals surface area contributed by atoms with Gasteiger partial charge in [-0.1, -0.05) is 11.8 Å². The van der Waals surface area contributed by atoms with Gasteiger partial charge in [-0.05, 0) is 19.1 Å². The zero-order valence-corrected chi connectivity index (χ0v) is 9.70. The van der Waals surface area contributed by atoms with Gasteiger partial charge in [0.05, 0.1) is 12.2 Å². The second-order valence-corrected chi connectivity index (χ2v) is 3.30. The lowest BCUT2D eigenvalue weighted by Gasteiger charge is -1.99. The molecule has 1 rings (SSSR count). The van der Waals surface area contributed by atoms with Crippen LogP contribution in [-0.4, -0.2) is 24.0 Å². The summed E-state index contributed by atoms with van der Waals surface area (Å²) < 4.78 is 17.8. The molecule has 0 amide bonds. The predicted molar refractivity (Wildman–Crippen MR) is 61.6 cm³/mol. The van der Waals surface area contributed by atoms with Crippen LogP contribution in [0.15, 0.2) is 12.1 Å². The van der Waals surface area contributed by atoms with Gasteiger partial charge in [-0.2, -0.15) is 0 Å². The van der Waals surface area contributed by atoms with Gasteiger partial charge in [0, 0.05) is 5.56 Å². The third-order valence-corrected chi connectivity index (χ3v) is 1.99. The lowest BCUT2D eigenvalue weighted by Crippen LogP contribution is -2.01. The van der Waals surface area contributed by atoms with E-state index in [-0.39, 0.29) is 24.2 Å². The average molecular weight is 250 g/mol. The first-order chi connectivity index (χ1) is 8.58. The smallest absolute Gasteiger partial charge is 0.317 e. The monoisotopic (exact) mass is 250 g/mol. The van der Waals surface area contributed by atoms with Crippen LogP contribution in [0.4, 0.5) is 4.39 Å². The molecule has 0 aliphatic rings. The fourth-order valence-electron chi connectivity index (χ4n) is 1.21. The van der Waals surface area contributed by atoms with Gasteiger partial charge in [-0.3, -0.25) is 9.59 Å². The van der Waals surface area contributed by atoms with Crippen molar-refractivity contribution in [3.8, 4) is 17.6 Å². The van der Waals surface area contributed by atoms with Crippen LogP contribution < -0.4 is 0 Å². The Balaban J connectivity index is 2.86. The number of benzene rings is 1. The van der Waals surface area contributed by atoms with Gasteiger partial charge in [0.25, 0.3) is 0 Å². The van der Waals surface area contributed by atoms with E-state index in [0.29, 0.717) is 6.29 Å². The summed E-state index contributed by atoms with van der Waals surface area (Å²) in [6.45, 7) is 1.95. The Morgan fingerprint density at radius 1 is 1.56 bits per heavy atom. The van der Waals surface area contributed by atoms with Crippen molar-refractivity contribution in [3.63, 3.8) is 0 Å². The molecule has 0 saturated carbocycles. The van der Waals surface area contributed by atoms with Gasteiger partial charge in [-0.15, -0.1) is 0 Å². The van der Waals surface area contributed by atoms with E-state index in [0.717, 1.165) is 6.07 Å². The van der Waals surface area contributed by atoms with Crippen molar-refractivity contribution in [2.45, 2.75) is 13.3 Å². The van der Waals surface area contributed by atoms with Gasteiger partial charge in [0.1, 0.15) is 6.42 Å². The van der Waals surface area contributed by atoms with Crippen molar-refractivity contribution in [3.05, 3.63) is 29.1 Å². The zero-order valence-electron chi connectivity index (χ0n) is 9.70. The number of esters is 1. The number of rotatable bonds is 3. The summed E-state index contributed by atoms with van der Waals surface area (Å²) in [6.07, 6.45) is 0.210. The Kier molecular flexibility index (Phi) is 4.88. The Bertz CT molecular complexity index is 526. The van der Waals surface area contributed by atoms with Crippen molar-refractivity contribution < 1.29 is 23.8 Å². The summed E-state index contributed by atoms with van der Waals surface area (Å²) >= 11 is 0. The topological polar surface area (TPSA) is 63.6 Å². The molecule has 0 bridgehead atoms. The summed E-state index contributed by atoms with van der Waals surface area (Å²) in [5, 5.41) is 9.18. The maximum Gasteiger partial charge on any atom is 0.317 e. The minimum atomic E-state index is -0.931. The molecule has 0 radical (unpaired) electrons. The number of phenolic OH excluding ortho intramolecular Hbond substituents is 1. The highest BCUT2D eigenvalue weighted by atomic mass is 19.1. The third-order valence-electron chi connectivity index (χ3n) is 1.99. The summed E-state index contributed by atoms with van der Waals surface area (Å²) in [5.74, 6) is 2.90. The second kappa shape index (κ2) is 6.40. The van der Waals surface area contributed by atoms with Crippen LogP contribution in [0.25, 0.3) is 0 Å². The summed E-state index contributed by atoms with van der Waals surface area (Å²) in [4.78, 5) is 21.5. The minimum Gasteiger partial charge on any atom is -0.504 e. The van der Waals surface area contributed by atoms with Crippen LogP contribution in [0.5, 0.6) is 5.75 Å². The average Bonchev–Trinajstić information content (AvgIpc) is 2.33. The number of carbonyl (C=O) groups is 2. The number of phenols is 1. The highest BCUT2D eigenvalue weighted by Gasteiger charge is 2.08. The largest absolute Gasteiger partial charge is 0.504 e. The number of aromatic hydroxyl groups is 1. The molecule has 0 heterocycles. The van der Waals surface area contributed by atoms with Crippen LogP contribution in [0, 0.1) is 17.7 Å². The van der Waals surface area contributed by atoms with E-state index in [1.165, 1.54) is 6.07 Å². The molecule has 0 fully saturated rings. The Morgan fingerprint density at radius 2 is 2.28 bits per heavy atom. The number of carbonyl (C=O) groups excluding carboxylic acids is 2. The molecule has 4 nitrogen and oxygen atoms in total. The number of ether oxygens (including phenoxy) is 1. The molecule has 5 heteroatoms. The van der Waals surface area contributed by atoms with Crippen LogP contribution in [0.3, 0.4) is 0 Å². The molecular formula is C13H11FO4. The van der Waals surface area contributed by atoms with E-state index in [1.54, 1.807) is 6.92 Å². The molecule has 0 unspecified atom stereocenters. The van der Waals surface area contributed by atoms with Crippen molar-refractivity contribution in [1.29, 1.82) is 0 Å². The summed E-state index contributed by atoms with van der Waals surface area (Å²) in [5.41, 5.74) is 0.0205. The van der Waals surface area contributed by atoms with Crippen molar-refractivity contribution >= 4 is 12.3 Å². The van der Waals surface area contributed by atoms with E-state index in [1.807, 2.05) is 0 Å². The number of halogens is 1. The van der Waals surface area contributed by atoms with Crippen LogP contribution >= 0.6 is 0 Å². The first kappa shape index (κ1) is 13.7. The maximum absolute atomic E-state index is 13.2. The lowest BCUT2D eigenvalue weighted by atomic mass is 10.1. The number of aldehydes is 1. The van der Waals surface area contributed by atoms with Gasteiger partial charge in [0.15, 0.2) is 17.9 Å². The Labute approximate surface area is 103 Å². The van der Waals surface area contributed by atoms with Crippen molar-refractivity contribution in [2.24, 2.45) is 0 Å². The quantitative estimate of drug-likeness (QED) is 0.503. The Morgan fingerprint density at radius 3 is 2.89 bits per heavy atom. The highest BCUT2D eigenvalue weighted by Crippen LogP contribution is 2.21. The minimum absolute atomic E-state index is 0.118.